The fourth-order valence-corrected chi connectivity index (χ4v) is 4.15. The number of hydrogen-bond donors (Lipinski definition) is 0. The Labute approximate surface area is 167 Å². The zero-order valence-corrected chi connectivity index (χ0v) is 16.1. The van der Waals surface area contributed by atoms with E-state index in [1.807, 2.05) is 6.92 Å². The molecule has 0 saturated carbocycles. The molecule has 0 bridgehead atoms. The van der Waals surface area contributed by atoms with Crippen LogP contribution in [0.5, 0.6) is 0 Å². The summed E-state index contributed by atoms with van der Waals surface area (Å²) in [5, 5.41) is 0. The van der Waals surface area contributed by atoms with Crippen molar-refractivity contribution in [3.63, 3.8) is 0 Å². The largest absolute Gasteiger partial charge is 0.469 e. The van der Waals surface area contributed by atoms with E-state index in [9.17, 15) is 19.2 Å². The molecule has 0 aliphatic carbocycles. The predicted octanol–water partition coefficient (Wildman–Crippen LogP) is 2.36. The molecule has 7 nitrogen and oxygen atoms in total. The Morgan fingerprint density at radius 2 is 1.59 bits per heavy atom. The second-order valence-electron chi connectivity index (χ2n) is 7.23. The molecule has 29 heavy (non-hydrogen) atoms. The SMILES string of the molecule is COC(=O)C1CC(C)N(C(=O)CN2C(=O)c3ccccc3C2=O)c2ccccc21. The Bertz CT molecular complexity index is 996. The number of anilines is 1. The van der Waals surface area contributed by atoms with Crippen molar-refractivity contribution in [2.75, 3.05) is 18.6 Å². The third-order valence-corrected chi connectivity index (χ3v) is 5.52. The maximum absolute atomic E-state index is 13.2. The maximum atomic E-state index is 13.2. The molecule has 0 saturated heterocycles. The van der Waals surface area contributed by atoms with Crippen molar-refractivity contribution in [1.29, 1.82) is 0 Å². The molecule has 0 N–H and O–H groups in total. The van der Waals surface area contributed by atoms with Gasteiger partial charge in [-0.05, 0) is 37.1 Å². The highest BCUT2D eigenvalue weighted by Crippen LogP contribution is 2.39. The lowest BCUT2D eigenvalue weighted by molar-refractivity contribution is -0.143. The Kier molecular flexibility index (Phi) is 4.66. The number of methoxy groups -OCH3 is 1. The maximum Gasteiger partial charge on any atom is 0.313 e. The van der Waals surface area contributed by atoms with Gasteiger partial charge >= 0.3 is 5.97 Å². The highest BCUT2D eigenvalue weighted by molar-refractivity contribution is 6.22. The summed E-state index contributed by atoms with van der Waals surface area (Å²) in [6.45, 7) is 1.49. The van der Waals surface area contributed by atoms with Gasteiger partial charge in [0.2, 0.25) is 5.91 Å². The molecule has 2 aromatic carbocycles. The zero-order valence-electron chi connectivity index (χ0n) is 16.1. The summed E-state index contributed by atoms with van der Waals surface area (Å²) in [5.41, 5.74) is 1.92. The van der Waals surface area contributed by atoms with Crippen molar-refractivity contribution in [1.82, 2.24) is 4.90 Å². The number of esters is 1. The van der Waals surface area contributed by atoms with Gasteiger partial charge < -0.3 is 9.64 Å². The van der Waals surface area contributed by atoms with Gasteiger partial charge in [-0.15, -0.1) is 0 Å². The first-order valence-corrected chi connectivity index (χ1v) is 9.38. The first kappa shape index (κ1) is 18.9. The molecule has 2 aromatic rings. The van der Waals surface area contributed by atoms with Crippen molar-refractivity contribution >= 4 is 29.4 Å². The summed E-state index contributed by atoms with van der Waals surface area (Å²) in [5.74, 6) is -2.12. The second kappa shape index (κ2) is 7.16. The van der Waals surface area contributed by atoms with Gasteiger partial charge in [-0.25, -0.2) is 0 Å². The van der Waals surface area contributed by atoms with E-state index < -0.39 is 17.7 Å². The van der Waals surface area contributed by atoms with E-state index in [1.165, 1.54) is 7.11 Å². The van der Waals surface area contributed by atoms with Crippen LogP contribution < -0.4 is 4.90 Å². The fourth-order valence-electron chi connectivity index (χ4n) is 4.15. The van der Waals surface area contributed by atoms with E-state index in [-0.39, 0.29) is 24.5 Å². The van der Waals surface area contributed by atoms with Gasteiger partial charge in [-0.1, -0.05) is 30.3 Å². The minimum absolute atomic E-state index is 0.295. The van der Waals surface area contributed by atoms with Crippen molar-refractivity contribution in [2.24, 2.45) is 0 Å². The van der Waals surface area contributed by atoms with Crippen molar-refractivity contribution in [3.8, 4) is 0 Å². The predicted molar refractivity (Wildman–Crippen MR) is 105 cm³/mol. The molecule has 3 amide bonds. The van der Waals surface area contributed by atoms with Crippen LogP contribution in [0.25, 0.3) is 0 Å². The van der Waals surface area contributed by atoms with Gasteiger partial charge in [-0.3, -0.25) is 24.1 Å². The lowest BCUT2D eigenvalue weighted by Crippen LogP contribution is -2.49. The normalized spacial score (nSPS) is 20.3. The molecule has 0 spiro atoms. The van der Waals surface area contributed by atoms with E-state index in [0.29, 0.717) is 28.8 Å². The summed E-state index contributed by atoms with van der Waals surface area (Å²) in [6, 6.07) is 13.4. The first-order chi connectivity index (χ1) is 13.9. The summed E-state index contributed by atoms with van der Waals surface area (Å²) < 4.78 is 4.92. The minimum atomic E-state index is -0.468. The van der Waals surface area contributed by atoms with Crippen LogP contribution in [0, 0.1) is 0 Å². The first-order valence-electron chi connectivity index (χ1n) is 9.38. The summed E-state index contributed by atoms with van der Waals surface area (Å²) in [7, 11) is 1.34. The van der Waals surface area contributed by atoms with Crippen molar-refractivity contribution in [3.05, 3.63) is 65.2 Å². The molecule has 0 aromatic heterocycles. The lowest BCUT2D eigenvalue weighted by Gasteiger charge is -2.38. The van der Waals surface area contributed by atoms with E-state index in [2.05, 4.69) is 0 Å². The molecule has 7 heteroatoms. The number of rotatable bonds is 3. The molecule has 0 radical (unpaired) electrons. The van der Waals surface area contributed by atoms with Crippen molar-refractivity contribution in [2.45, 2.75) is 25.3 Å². The molecule has 4 rings (SSSR count). The van der Waals surface area contributed by atoms with Gasteiger partial charge in [-0.2, -0.15) is 0 Å². The third-order valence-electron chi connectivity index (χ3n) is 5.52. The van der Waals surface area contributed by atoms with Crippen LogP contribution in [0.15, 0.2) is 48.5 Å². The number of hydrogen-bond acceptors (Lipinski definition) is 5. The number of fused-ring (bicyclic) bond motifs is 2. The van der Waals surface area contributed by atoms with Gasteiger partial charge in [0.05, 0.1) is 24.2 Å². The molecule has 0 fully saturated rings. The van der Waals surface area contributed by atoms with E-state index in [0.717, 1.165) is 4.90 Å². The Morgan fingerprint density at radius 3 is 2.21 bits per heavy atom. The third kappa shape index (κ3) is 2.99. The fraction of sp³-hybridized carbons (Fsp3) is 0.273. The van der Waals surface area contributed by atoms with Crippen LogP contribution in [0.3, 0.4) is 0 Å². The summed E-state index contributed by atoms with van der Waals surface area (Å²) in [4.78, 5) is 53.2. The molecule has 2 unspecified atom stereocenters. The number of carbonyl (C=O) groups is 4. The molecular formula is C22H20N2O5. The van der Waals surface area contributed by atoms with Crippen LogP contribution in [0.2, 0.25) is 0 Å². The smallest absolute Gasteiger partial charge is 0.313 e. The average molecular weight is 392 g/mol. The molecule has 148 valence electrons. The monoisotopic (exact) mass is 392 g/mol. The summed E-state index contributed by atoms with van der Waals surface area (Å²) in [6.07, 6.45) is 0.400. The van der Waals surface area contributed by atoms with E-state index >= 15 is 0 Å². The number of nitrogens with zero attached hydrogens (tertiary/aromatic N) is 2. The molecule has 2 atom stereocenters. The van der Waals surface area contributed by atoms with E-state index in [1.54, 1.807) is 53.4 Å². The standard InChI is InChI=1S/C22H20N2O5/c1-13-11-17(22(28)29-2)14-7-5-6-10-18(14)24(13)19(25)12-23-20(26)15-8-3-4-9-16(15)21(23)27/h3-10,13,17H,11-12H2,1-2H3. The Hall–Kier alpha value is -3.48. The zero-order chi connectivity index (χ0) is 20.7. The second-order valence-corrected chi connectivity index (χ2v) is 7.23. The topological polar surface area (TPSA) is 84.0 Å². The lowest BCUT2D eigenvalue weighted by atomic mass is 9.86. The number of ether oxygens (including phenoxy) is 1. The summed E-state index contributed by atoms with van der Waals surface area (Å²) >= 11 is 0. The van der Waals surface area contributed by atoms with Crippen LogP contribution in [0.1, 0.15) is 45.5 Å². The van der Waals surface area contributed by atoms with Crippen LogP contribution in [-0.2, 0) is 14.3 Å². The number of imide groups is 1. The number of carbonyl (C=O) groups excluding carboxylic acids is 4. The molecule has 2 heterocycles. The van der Waals surface area contributed by atoms with Gasteiger partial charge in [0.1, 0.15) is 6.54 Å². The van der Waals surface area contributed by atoms with E-state index in [4.69, 9.17) is 4.74 Å². The number of para-hydroxylation sites is 1. The average Bonchev–Trinajstić information content (AvgIpc) is 2.97. The van der Waals surface area contributed by atoms with Gasteiger partial charge in [0, 0.05) is 11.7 Å². The minimum Gasteiger partial charge on any atom is -0.469 e. The Morgan fingerprint density at radius 1 is 1.00 bits per heavy atom. The van der Waals surface area contributed by atoms with Crippen molar-refractivity contribution < 1.29 is 23.9 Å². The number of benzene rings is 2. The molecule has 2 aliphatic rings. The molecular weight excluding hydrogens is 372 g/mol. The van der Waals surface area contributed by atoms with Gasteiger partial charge in [0.15, 0.2) is 0 Å². The van der Waals surface area contributed by atoms with Crippen LogP contribution in [0.4, 0.5) is 5.69 Å². The highest BCUT2D eigenvalue weighted by atomic mass is 16.5. The molecule has 2 aliphatic heterocycles. The van der Waals surface area contributed by atoms with Crippen LogP contribution in [-0.4, -0.2) is 48.3 Å². The quantitative estimate of drug-likeness (QED) is 0.591. The highest BCUT2D eigenvalue weighted by Gasteiger charge is 2.41. The van der Waals surface area contributed by atoms with Gasteiger partial charge in [0.25, 0.3) is 11.8 Å². The Balaban J connectivity index is 1.63. The number of amides is 3. The van der Waals surface area contributed by atoms with Crippen LogP contribution >= 0.6 is 0 Å².